The molecule has 1 aliphatic heterocycles. The minimum Gasteiger partial charge on any atom is -0.378 e. The van der Waals surface area contributed by atoms with Crippen molar-refractivity contribution in [3.05, 3.63) is 47.7 Å². The first-order chi connectivity index (χ1) is 10.7. The molecule has 0 radical (unpaired) electrons. The van der Waals surface area contributed by atoms with Gasteiger partial charge in [0.15, 0.2) is 0 Å². The van der Waals surface area contributed by atoms with Crippen molar-refractivity contribution < 1.29 is 9.53 Å². The number of hydrogen-bond acceptors (Lipinski definition) is 4. The first-order valence-electron chi connectivity index (χ1n) is 7.36. The van der Waals surface area contributed by atoms with Crippen LogP contribution in [-0.2, 0) is 4.74 Å². The van der Waals surface area contributed by atoms with Crippen LogP contribution in [0.1, 0.15) is 15.9 Å². The number of hydrogen-bond donors (Lipinski definition) is 1. The van der Waals surface area contributed by atoms with Gasteiger partial charge in [-0.25, -0.2) is 4.98 Å². The monoisotopic (exact) mass is 297 g/mol. The fraction of sp³-hybridized carbons (Fsp3) is 0.294. The van der Waals surface area contributed by atoms with Crippen molar-refractivity contribution in [3.8, 4) is 11.1 Å². The number of carbonyl (C=O) groups excluding carboxylic acids is 1. The van der Waals surface area contributed by atoms with Gasteiger partial charge in [-0.05, 0) is 29.7 Å². The Hall–Kier alpha value is -2.40. The second-order valence-electron chi connectivity index (χ2n) is 5.34. The number of aromatic nitrogens is 1. The SMILES string of the molecule is Cc1ccccc1-c1ccnc(N2CCOCC2)c1C(N)=O. The van der Waals surface area contributed by atoms with E-state index in [-0.39, 0.29) is 0 Å². The maximum Gasteiger partial charge on any atom is 0.253 e. The standard InChI is InChI=1S/C17H19N3O2/c1-12-4-2-3-5-13(12)14-6-7-19-17(15(14)16(18)21)20-8-10-22-11-9-20/h2-7H,8-11H2,1H3,(H2,18,21). The van der Waals surface area contributed by atoms with E-state index in [1.165, 1.54) is 0 Å². The molecule has 2 aromatic rings. The lowest BCUT2D eigenvalue weighted by molar-refractivity contribution is 0.0998. The van der Waals surface area contributed by atoms with Crippen molar-refractivity contribution in [2.75, 3.05) is 31.2 Å². The Morgan fingerprint density at radius 2 is 1.91 bits per heavy atom. The van der Waals surface area contributed by atoms with Gasteiger partial charge >= 0.3 is 0 Å². The highest BCUT2D eigenvalue weighted by atomic mass is 16.5. The predicted octanol–water partition coefficient (Wildman–Crippen LogP) is 1.99. The molecule has 0 spiro atoms. The van der Waals surface area contributed by atoms with E-state index < -0.39 is 5.91 Å². The first-order valence-corrected chi connectivity index (χ1v) is 7.36. The summed E-state index contributed by atoms with van der Waals surface area (Å²) in [5.41, 5.74) is 9.10. The number of pyridine rings is 1. The van der Waals surface area contributed by atoms with Crippen LogP contribution < -0.4 is 10.6 Å². The first kappa shape index (κ1) is 14.5. The third-order valence-electron chi connectivity index (χ3n) is 3.92. The highest BCUT2D eigenvalue weighted by molar-refractivity contribution is 6.04. The number of anilines is 1. The summed E-state index contributed by atoms with van der Waals surface area (Å²) in [7, 11) is 0. The van der Waals surface area contributed by atoms with Crippen LogP contribution in [0, 0.1) is 6.92 Å². The van der Waals surface area contributed by atoms with Crippen LogP contribution >= 0.6 is 0 Å². The Labute approximate surface area is 129 Å². The van der Waals surface area contributed by atoms with Crippen molar-refractivity contribution in [1.29, 1.82) is 0 Å². The zero-order valence-electron chi connectivity index (χ0n) is 12.6. The molecule has 1 aromatic carbocycles. The number of aryl methyl sites for hydroxylation is 1. The van der Waals surface area contributed by atoms with Crippen molar-refractivity contribution in [1.82, 2.24) is 4.98 Å². The summed E-state index contributed by atoms with van der Waals surface area (Å²) in [6.07, 6.45) is 1.74. The van der Waals surface area contributed by atoms with Crippen LogP contribution in [0.3, 0.4) is 0 Å². The third kappa shape index (κ3) is 2.67. The maximum atomic E-state index is 12.1. The van der Waals surface area contributed by atoms with E-state index in [2.05, 4.69) is 9.88 Å². The van der Waals surface area contributed by atoms with Crippen LogP contribution in [0.4, 0.5) is 5.82 Å². The Morgan fingerprint density at radius 3 is 2.59 bits per heavy atom. The number of nitrogens with zero attached hydrogens (tertiary/aromatic N) is 2. The Kier molecular flexibility index (Phi) is 4.06. The zero-order valence-corrected chi connectivity index (χ0v) is 12.6. The quantitative estimate of drug-likeness (QED) is 0.940. The van der Waals surface area contributed by atoms with Gasteiger partial charge in [-0.15, -0.1) is 0 Å². The zero-order chi connectivity index (χ0) is 15.5. The summed E-state index contributed by atoms with van der Waals surface area (Å²) in [4.78, 5) is 18.6. The number of morpholine rings is 1. The van der Waals surface area contributed by atoms with E-state index in [1.54, 1.807) is 6.20 Å². The molecule has 3 rings (SSSR count). The lowest BCUT2D eigenvalue weighted by atomic mass is 9.96. The van der Waals surface area contributed by atoms with Crippen LogP contribution in [-0.4, -0.2) is 37.2 Å². The molecule has 5 nitrogen and oxygen atoms in total. The molecule has 1 amide bonds. The van der Waals surface area contributed by atoms with Gasteiger partial charge in [0.25, 0.3) is 5.91 Å². The van der Waals surface area contributed by atoms with Gasteiger partial charge in [0.2, 0.25) is 0 Å². The number of carbonyl (C=O) groups is 1. The molecular formula is C17H19N3O2. The molecule has 2 N–H and O–H groups in total. The highest BCUT2D eigenvalue weighted by Gasteiger charge is 2.22. The molecule has 0 unspecified atom stereocenters. The molecule has 5 heteroatoms. The molecule has 2 heterocycles. The third-order valence-corrected chi connectivity index (χ3v) is 3.92. The average molecular weight is 297 g/mol. The number of amides is 1. The van der Waals surface area contributed by atoms with Crippen LogP contribution in [0.15, 0.2) is 36.5 Å². The molecule has 0 atom stereocenters. The Balaban J connectivity index is 2.15. The van der Waals surface area contributed by atoms with Gasteiger partial charge in [-0.1, -0.05) is 24.3 Å². The number of nitrogens with two attached hydrogens (primary N) is 1. The van der Waals surface area contributed by atoms with Crippen molar-refractivity contribution in [2.24, 2.45) is 5.73 Å². The van der Waals surface area contributed by atoms with Gasteiger partial charge in [0.05, 0.1) is 18.8 Å². The van der Waals surface area contributed by atoms with Gasteiger partial charge in [0, 0.05) is 19.3 Å². The second-order valence-corrected chi connectivity index (χ2v) is 5.34. The molecular weight excluding hydrogens is 278 g/mol. The number of rotatable bonds is 3. The summed E-state index contributed by atoms with van der Waals surface area (Å²) in [6.45, 7) is 4.72. The van der Waals surface area contributed by atoms with Gasteiger partial charge in [-0.2, -0.15) is 0 Å². The van der Waals surface area contributed by atoms with Crippen molar-refractivity contribution in [2.45, 2.75) is 6.92 Å². The Morgan fingerprint density at radius 1 is 1.18 bits per heavy atom. The van der Waals surface area contributed by atoms with Crippen molar-refractivity contribution in [3.63, 3.8) is 0 Å². The summed E-state index contributed by atoms with van der Waals surface area (Å²) < 4.78 is 5.37. The van der Waals surface area contributed by atoms with Crippen molar-refractivity contribution >= 4 is 11.7 Å². The van der Waals surface area contributed by atoms with Crippen LogP contribution in [0.2, 0.25) is 0 Å². The van der Waals surface area contributed by atoms with Crippen LogP contribution in [0.5, 0.6) is 0 Å². The van der Waals surface area contributed by atoms with Gasteiger partial charge in [0.1, 0.15) is 5.82 Å². The van der Waals surface area contributed by atoms with Gasteiger partial charge < -0.3 is 15.4 Å². The average Bonchev–Trinajstić information content (AvgIpc) is 2.55. The largest absolute Gasteiger partial charge is 0.378 e. The van der Waals surface area contributed by atoms with E-state index in [1.807, 2.05) is 37.3 Å². The number of benzene rings is 1. The highest BCUT2D eigenvalue weighted by Crippen LogP contribution is 2.31. The fourth-order valence-electron chi connectivity index (χ4n) is 2.81. The van der Waals surface area contributed by atoms with E-state index in [0.29, 0.717) is 37.7 Å². The summed E-state index contributed by atoms with van der Waals surface area (Å²) in [5.74, 6) is 0.199. The lowest BCUT2D eigenvalue weighted by Crippen LogP contribution is -2.38. The van der Waals surface area contributed by atoms with E-state index in [4.69, 9.17) is 10.5 Å². The molecule has 1 fully saturated rings. The Bertz CT molecular complexity index is 694. The molecule has 0 saturated carbocycles. The molecule has 114 valence electrons. The smallest absolute Gasteiger partial charge is 0.253 e. The van der Waals surface area contributed by atoms with E-state index in [0.717, 1.165) is 16.7 Å². The number of ether oxygens (including phenoxy) is 1. The summed E-state index contributed by atoms with van der Waals surface area (Å²) in [5, 5.41) is 0. The molecule has 1 aromatic heterocycles. The summed E-state index contributed by atoms with van der Waals surface area (Å²) in [6, 6.07) is 9.82. The summed E-state index contributed by atoms with van der Waals surface area (Å²) >= 11 is 0. The molecule has 22 heavy (non-hydrogen) atoms. The number of primary amides is 1. The second kappa shape index (κ2) is 6.15. The van der Waals surface area contributed by atoms with E-state index >= 15 is 0 Å². The molecule has 1 saturated heterocycles. The van der Waals surface area contributed by atoms with Crippen LogP contribution in [0.25, 0.3) is 11.1 Å². The minimum absolute atomic E-state index is 0.451. The topological polar surface area (TPSA) is 68.5 Å². The minimum atomic E-state index is -0.451. The van der Waals surface area contributed by atoms with Gasteiger partial charge in [-0.3, -0.25) is 4.79 Å². The maximum absolute atomic E-state index is 12.1. The molecule has 0 aliphatic carbocycles. The normalized spacial score (nSPS) is 14.9. The molecule has 0 bridgehead atoms. The molecule has 1 aliphatic rings. The van der Waals surface area contributed by atoms with E-state index in [9.17, 15) is 4.79 Å². The fourth-order valence-corrected chi connectivity index (χ4v) is 2.81. The predicted molar refractivity (Wildman–Crippen MR) is 86.0 cm³/mol. The lowest BCUT2D eigenvalue weighted by Gasteiger charge is -2.29.